The molecule has 0 saturated carbocycles. The molecule has 101 valence electrons. The van der Waals surface area contributed by atoms with Crippen molar-refractivity contribution in [2.75, 3.05) is 0 Å². The molecule has 3 rings (SSSR count). The van der Waals surface area contributed by atoms with Crippen LogP contribution in [-0.4, -0.2) is 15.9 Å². The van der Waals surface area contributed by atoms with E-state index in [1.165, 1.54) is 10.8 Å². The minimum atomic E-state index is 0. The summed E-state index contributed by atoms with van der Waals surface area (Å²) in [6.45, 7) is 0. The number of hydrogen-bond acceptors (Lipinski definition) is 1. The maximum Gasteiger partial charge on any atom is 0.0239 e. The largest absolute Gasteiger partial charge is 0.412 e. The van der Waals surface area contributed by atoms with Crippen LogP contribution < -0.4 is 0 Å². The van der Waals surface area contributed by atoms with Crippen molar-refractivity contribution in [3.05, 3.63) is 66.9 Å². The van der Waals surface area contributed by atoms with Crippen molar-refractivity contribution in [3.8, 4) is 11.3 Å². The van der Waals surface area contributed by atoms with Gasteiger partial charge >= 0.3 is 0 Å². The summed E-state index contributed by atoms with van der Waals surface area (Å²) in [6, 6.07) is 21.4. The number of benzene rings is 2. The van der Waals surface area contributed by atoms with Gasteiger partial charge in [0.15, 0.2) is 0 Å². The standard InChI is InChI=1S/C15H10N.Ir.2H2O/c1-2-6-12(7-3-1)15-10-13-8-4-5-9-14(13)11-16-15;;;/h1-6,8-11H;;2*1H2/q-1;;;. The first-order chi connectivity index (χ1) is 7.93. The van der Waals surface area contributed by atoms with Gasteiger partial charge in [0.1, 0.15) is 0 Å². The Morgan fingerprint density at radius 2 is 1.53 bits per heavy atom. The molecule has 0 atom stereocenters. The van der Waals surface area contributed by atoms with Crippen LogP contribution in [0.15, 0.2) is 60.8 Å². The molecule has 0 amide bonds. The van der Waals surface area contributed by atoms with Crippen LogP contribution in [0.1, 0.15) is 0 Å². The molecule has 0 aliphatic rings. The molecule has 3 aromatic rings. The Labute approximate surface area is 125 Å². The summed E-state index contributed by atoms with van der Waals surface area (Å²) in [5, 5.41) is 2.38. The van der Waals surface area contributed by atoms with Gasteiger partial charge in [-0.3, -0.25) is 0 Å². The molecule has 0 fully saturated rings. The van der Waals surface area contributed by atoms with Gasteiger partial charge < -0.3 is 15.9 Å². The van der Waals surface area contributed by atoms with Crippen LogP contribution >= 0.6 is 0 Å². The van der Waals surface area contributed by atoms with E-state index in [9.17, 15) is 0 Å². The van der Waals surface area contributed by atoms with E-state index >= 15 is 0 Å². The maximum atomic E-state index is 4.45. The Kier molecular flexibility index (Phi) is 7.12. The van der Waals surface area contributed by atoms with Crippen molar-refractivity contribution in [2.24, 2.45) is 0 Å². The summed E-state index contributed by atoms with van der Waals surface area (Å²) < 4.78 is 0. The average molecular weight is 432 g/mol. The fourth-order valence-corrected chi connectivity index (χ4v) is 1.78. The molecule has 0 bridgehead atoms. The van der Waals surface area contributed by atoms with E-state index in [0.717, 1.165) is 11.3 Å². The molecule has 0 spiro atoms. The topological polar surface area (TPSA) is 75.9 Å². The normalized spacial score (nSPS) is 8.84. The van der Waals surface area contributed by atoms with Gasteiger partial charge in [-0.1, -0.05) is 30.3 Å². The van der Waals surface area contributed by atoms with Gasteiger partial charge in [0.05, 0.1) is 0 Å². The smallest absolute Gasteiger partial charge is 0.0239 e. The zero-order valence-electron chi connectivity index (χ0n) is 10.1. The Hall–Kier alpha value is -1.58. The summed E-state index contributed by atoms with van der Waals surface area (Å²) in [5.74, 6) is 0. The summed E-state index contributed by atoms with van der Waals surface area (Å²) in [5.41, 5.74) is 2.01. The third-order valence-electron chi connectivity index (χ3n) is 2.62. The van der Waals surface area contributed by atoms with Crippen LogP contribution in [0.4, 0.5) is 0 Å². The van der Waals surface area contributed by atoms with Gasteiger partial charge in [-0.25, -0.2) is 0 Å². The van der Waals surface area contributed by atoms with Crippen molar-refractivity contribution in [3.63, 3.8) is 0 Å². The van der Waals surface area contributed by atoms with Crippen molar-refractivity contribution in [1.29, 1.82) is 0 Å². The van der Waals surface area contributed by atoms with E-state index < -0.39 is 0 Å². The van der Waals surface area contributed by atoms with Crippen LogP contribution in [-0.2, 0) is 20.1 Å². The minimum absolute atomic E-state index is 0. The van der Waals surface area contributed by atoms with E-state index in [4.69, 9.17) is 0 Å². The van der Waals surface area contributed by atoms with Gasteiger partial charge in [0, 0.05) is 26.3 Å². The van der Waals surface area contributed by atoms with Gasteiger partial charge in [-0.15, -0.1) is 35.9 Å². The fourth-order valence-electron chi connectivity index (χ4n) is 1.78. The first-order valence-electron chi connectivity index (χ1n) is 5.25. The molecule has 1 heterocycles. The molecule has 1 aromatic heterocycles. The SMILES string of the molecule is O.O.[Ir].[c-]1ccccc1-c1cc2ccccc2cn1. The number of rotatable bonds is 1. The van der Waals surface area contributed by atoms with Gasteiger partial charge in [0.2, 0.25) is 0 Å². The Bertz CT molecular complexity index is 629. The maximum absolute atomic E-state index is 4.45. The van der Waals surface area contributed by atoms with Crippen LogP contribution in [0.5, 0.6) is 0 Å². The van der Waals surface area contributed by atoms with E-state index in [1.54, 1.807) is 0 Å². The van der Waals surface area contributed by atoms with E-state index in [-0.39, 0.29) is 31.1 Å². The molecule has 0 saturated heterocycles. The first kappa shape index (κ1) is 17.4. The first-order valence-corrected chi connectivity index (χ1v) is 5.25. The third-order valence-corrected chi connectivity index (χ3v) is 2.62. The minimum Gasteiger partial charge on any atom is -0.412 e. The molecular formula is C15H14IrNO2-. The summed E-state index contributed by atoms with van der Waals surface area (Å²) >= 11 is 0. The molecule has 1 radical (unpaired) electrons. The molecule has 2 aromatic carbocycles. The predicted molar refractivity (Wildman–Crippen MR) is 73.2 cm³/mol. The zero-order valence-corrected chi connectivity index (χ0v) is 12.4. The van der Waals surface area contributed by atoms with Crippen molar-refractivity contribution >= 4 is 10.8 Å². The van der Waals surface area contributed by atoms with E-state index in [2.05, 4.69) is 29.2 Å². The van der Waals surface area contributed by atoms with Crippen LogP contribution in [0.2, 0.25) is 0 Å². The Morgan fingerprint density at radius 3 is 2.21 bits per heavy atom. The Morgan fingerprint density at radius 1 is 0.842 bits per heavy atom. The predicted octanol–water partition coefficient (Wildman–Crippen LogP) is 2.05. The van der Waals surface area contributed by atoms with Crippen LogP contribution in [0, 0.1) is 6.07 Å². The monoisotopic (exact) mass is 433 g/mol. The van der Waals surface area contributed by atoms with Crippen molar-refractivity contribution in [1.82, 2.24) is 4.98 Å². The van der Waals surface area contributed by atoms with Crippen molar-refractivity contribution in [2.45, 2.75) is 0 Å². The second-order valence-electron chi connectivity index (χ2n) is 3.69. The fraction of sp³-hybridized carbons (Fsp3) is 0. The summed E-state index contributed by atoms with van der Waals surface area (Å²) in [4.78, 5) is 4.45. The molecule has 0 aliphatic carbocycles. The molecule has 19 heavy (non-hydrogen) atoms. The summed E-state index contributed by atoms with van der Waals surface area (Å²) in [7, 11) is 0. The van der Waals surface area contributed by atoms with Gasteiger partial charge in [-0.05, 0) is 16.5 Å². The molecule has 4 heteroatoms. The van der Waals surface area contributed by atoms with Crippen LogP contribution in [0.25, 0.3) is 22.0 Å². The number of nitrogens with zero attached hydrogens (tertiary/aromatic N) is 1. The quantitative estimate of drug-likeness (QED) is 0.543. The molecule has 0 unspecified atom stereocenters. The van der Waals surface area contributed by atoms with E-state index in [0.29, 0.717) is 0 Å². The molecule has 4 N–H and O–H groups in total. The number of aromatic nitrogens is 1. The number of fused-ring (bicyclic) bond motifs is 1. The average Bonchev–Trinajstić information content (AvgIpc) is 2.39. The van der Waals surface area contributed by atoms with Gasteiger partial charge in [0.25, 0.3) is 0 Å². The Balaban J connectivity index is 0.00000108. The third kappa shape index (κ3) is 3.69. The van der Waals surface area contributed by atoms with Gasteiger partial charge in [-0.2, -0.15) is 0 Å². The second-order valence-corrected chi connectivity index (χ2v) is 3.69. The number of hydrogen-bond donors (Lipinski definition) is 0. The molecular weight excluding hydrogens is 418 g/mol. The van der Waals surface area contributed by atoms with E-state index in [1.807, 2.05) is 42.6 Å². The zero-order chi connectivity index (χ0) is 10.8. The summed E-state index contributed by atoms with van der Waals surface area (Å²) in [6.07, 6.45) is 1.91. The molecule has 3 nitrogen and oxygen atoms in total. The molecule has 0 aliphatic heterocycles. The number of pyridine rings is 1. The second kappa shape index (κ2) is 7.77. The van der Waals surface area contributed by atoms with Crippen molar-refractivity contribution < 1.29 is 31.1 Å². The van der Waals surface area contributed by atoms with Crippen LogP contribution in [0.3, 0.4) is 0 Å².